The molecular weight excluding hydrogens is 336 g/mol. The Hall–Kier alpha value is -3.29. The van der Waals surface area contributed by atoms with Gasteiger partial charge in [-0.3, -0.25) is 0 Å². The van der Waals surface area contributed by atoms with Gasteiger partial charge in [0.15, 0.2) is 11.6 Å². The van der Waals surface area contributed by atoms with Gasteiger partial charge in [0.1, 0.15) is 17.6 Å². The maximum absolute atomic E-state index is 11.7. The number of ether oxygens (including phenoxy) is 2. The molecular formula is C18H20N4O4. The van der Waals surface area contributed by atoms with Gasteiger partial charge in [-0.15, -0.1) is 0 Å². The van der Waals surface area contributed by atoms with E-state index in [2.05, 4.69) is 15.4 Å². The molecule has 2 heterocycles. The fourth-order valence-electron chi connectivity index (χ4n) is 2.63. The van der Waals surface area contributed by atoms with Gasteiger partial charge in [-0.05, 0) is 31.9 Å². The topological polar surface area (TPSA) is 98.0 Å². The third-order valence-electron chi connectivity index (χ3n) is 3.92. The van der Waals surface area contributed by atoms with Crippen LogP contribution in [0.1, 0.15) is 25.0 Å². The van der Waals surface area contributed by atoms with E-state index in [-0.39, 0.29) is 12.4 Å². The van der Waals surface area contributed by atoms with Gasteiger partial charge in [-0.2, -0.15) is 5.10 Å². The number of hydrogen-bond acceptors (Lipinski definition) is 7. The Labute approximate surface area is 150 Å². The van der Waals surface area contributed by atoms with Crippen LogP contribution in [0.25, 0.3) is 5.52 Å². The number of anilines is 2. The lowest BCUT2D eigenvalue weighted by molar-refractivity contribution is 0.104. The van der Waals surface area contributed by atoms with Gasteiger partial charge in [-0.25, -0.2) is 14.3 Å². The molecule has 0 amide bonds. The average molecular weight is 356 g/mol. The summed E-state index contributed by atoms with van der Waals surface area (Å²) >= 11 is 0. The summed E-state index contributed by atoms with van der Waals surface area (Å²) in [6, 6.07) is 5.28. The number of hydrogen-bond donors (Lipinski definition) is 2. The molecule has 0 aliphatic heterocycles. The minimum absolute atomic E-state index is 0.192. The normalized spacial score (nSPS) is 10.7. The molecule has 0 saturated heterocycles. The van der Waals surface area contributed by atoms with Crippen LogP contribution in [-0.2, 0) is 11.2 Å². The summed E-state index contributed by atoms with van der Waals surface area (Å²) in [6.45, 7) is 5.71. The molecule has 3 aromatic rings. The fraction of sp³-hybridized carbons (Fsp3) is 0.278. The molecule has 0 aliphatic rings. The Balaban J connectivity index is 2.01. The highest BCUT2D eigenvalue weighted by Gasteiger charge is 2.19. The van der Waals surface area contributed by atoms with E-state index in [9.17, 15) is 9.90 Å². The van der Waals surface area contributed by atoms with Crippen molar-refractivity contribution in [3.8, 4) is 11.5 Å². The quantitative estimate of drug-likeness (QED) is 0.674. The van der Waals surface area contributed by atoms with Crippen molar-refractivity contribution in [3.05, 3.63) is 41.9 Å². The van der Waals surface area contributed by atoms with E-state index in [0.29, 0.717) is 29.2 Å². The summed E-state index contributed by atoms with van der Waals surface area (Å²) in [6.07, 6.45) is 2.86. The lowest BCUT2D eigenvalue weighted by Gasteiger charge is -2.09. The highest BCUT2D eigenvalue weighted by Crippen LogP contribution is 2.32. The minimum Gasteiger partial charge on any atom is -0.508 e. The molecule has 0 saturated carbocycles. The summed E-state index contributed by atoms with van der Waals surface area (Å²) in [5, 5.41) is 17.3. The predicted octanol–water partition coefficient (Wildman–Crippen LogP) is 3.58. The number of carbonyl (C=O) groups excluding carboxylic acids is 1. The Morgan fingerprint density at radius 2 is 2.15 bits per heavy atom. The molecule has 0 atom stereocenters. The molecule has 2 N–H and O–H groups in total. The SMILES string of the molecule is CCOC(=O)Oc1cn2ncnc(Nc3ccc(C)c(O)c3)c2c1CC. The number of rotatable bonds is 5. The number of benzene rings is 1. The Kier molecular flexibility index (Phi) is 4.92. The average Bonchev–Trinajstić information content (AvgIpc) is 2.96. The van der Waals surface area contributed by atoms with Crippen molar-refractivity contribution in [1.82, 2.24) is 14.6 Å². The van der Waals surface area contributed by atoms with Crippen LogP contribution < -0.4 is 10.1 Å². The molecule has 0 spiro atoms. The number of aryl methyl sites for hydroxylation is 2. The van der Waals surface area contributed by atoms with Crippen molar-refractivity contribution in [1.29, 1.82) is 0 Å². The number of phenolic OH excluding ortho intramolecular Hbond substituents is 1. The molecule has 8 nitrogen and oxygen atoms in total. The van der Waals surface area contributed by atoms with E-state index < -0.39 is 6.16 Å². The maximum Gasteiger partial charge on any atom is 0.513 e. The van der Waals surface area contributed by atoms with Crippen molar-refractivity contribution in [2.75, 3.05) is 11.9 Å². The van der Waals surface area contributed by atoms with Crippen LogP contribution in [0.4, 0.5) is 16.3 Å². The predicted molar refractivity (Wildman–Crippen MR) is 96.1 cm³/mol. The van der Waals surface area contributed by atoms with Crippen molar-refractivity contribution in [2.24, 2.45) is 0 Å². The van der Waals surface area contributed by atoms with Gasteiger partial charge < -0.3 is 19.9 Å². The second-order valence-corrected chi connectivity index (χ2v) is 5.64. The van der Waals surface area contributed by atoms with Crippen LogP contribution in [0.5, 0.6) is 11.5 Å². The summed E-state index contributed by atoms with van der Waals surface area (Å²) in [4.78, 5) is 16.0. The van der Waals surface area contributed by atoms with Crippen LogP contribution in [0.3, 0.4) is 0 Å². The van der Waals surface area contributed by atoms with Crippen LogP contribution in [-0.4, -0.2) is 32.5 Å². The number of fused-ring (bicyclic) bond motifs is 1. The van der Waals surface area contributed by atoms with E-state index in [1.165, 1.54) is 6.33 Å². The van der Waals surface area contributed by atoms with Gasteiger partial charge in [-0.1, -0.05) is 13.0 Å². The van der Waals surface area contributed by atoms with Crippen LogP contribution in [0, 0.1) is 6.92 Å². The van der Waals surface area contributed by atoms with Crippen molar-refractivity contribution in [3.63, 3.8) is 0 Å². The van der Waals surface area contributed by atoms with E-state index in [0.717, 1.165) is 11.1 Å². The third kappa shape index (κ3) is 3.39. The van der Waals surface area contributed by atoms with E-state index in [1.54, 1.807) is 23.7 Å². The summed E-state index contributed by atoms with van der Waals surface area (Å²) < 4.78 is 11.7. The zero-order valence-electron chi connectivity index (χ0n) is 14.8. The Bertz CT molecular complexity index is 952. The second-order valence-electron chi connectivity index (χ2n) is 5.64. The molecule has 0 radical (unpaired) electrons. The molecule has 3 rings (SSSR count). The van der Waals surface area contributed by atoms with E-state index in [1.807, 2.05) is 26.0 Å². The maximum atomic E-state index is 11.7. The number of nitrogens with zero attached hydrogens (tertiary/aromatic N) is 3. The minimum atomic E-state index is -0.760. The van der Waals surface area contributed by atoms with E-state index >= 15 is 0 Å². The number of nitrogens with one attached hydrogen (secondary N) is 1. The van der Waals surface area contributed by atoms with Crippen LogP contribution >= 0.6 is 0 Å². The second kappa shape index (κ2) is 7.30. The first-order chi connectivity index (χ1) is 12.5. The first-order valence-corrected chi connectivity index (χ1v) is 8.30. The first kappa shape index (κ1) is 17.5. The zero-order valence-corrected chi connectivity index (χ0v) is 14.8. The summed E-state index contributed by atoms with van der Waals surface area (Å²) in [7, 11) is 0. The fourth-order valence-corrected chi connectivity index (χ4v) is 2.63. The smallest absolute Gasteiger partial charge is 0.508 e. The van der Waals surface area contributed by atoms with Crippen molar-refractivity contribution < 1.29 is 19.4 Å². The highest BCUT2D eigenvalue weighted by atomic mass is 16.7. The molecule has 2 aromatic heterocycles. The highest BCUT2D eigenvalue weighted by molar-refractivity contribution is 5.80. The lowest BCUT2D eigenvalue weighted by Crippen LogP contribution is -2.10. The molecule has 1 aromatic carbocycles. The number of carbonyl (C=O) groups is 1. The molecule has 0 unspecified atom stereocenters. The van der Waals surface area contributed by atoms with E-state index in [4.69, 9.17) is 9.47 Å². The first-order valence-electron chi connectivity index (χ1n) is 8.30. The largest absolute Gasteiger partial charge is 0.513 e. The van der Waals surface area contributed by atoms with Gasteiger partial charge in [0, 0.05) is 17.3 Å². The summed E-state index contributed by atoms with van der Waals surface area (Å²) in [5.74, 6) is 1.11. The zero-order chi connectivity index (χ0) is 18.7. The lowest BCUT2D eigenvalue weighted by atomic mass is 10.2. The standard InChI is InChI=1S/C18H20N4O4/c1-4-13-15(26-18(24)25-5-2)9-22-16(13)17(19-10-20-22)21-12-7-6-11(3)14(23)8-12/h6-10,23H,4-5H2,1-3H3,(H,19,20,21). The summed E-state index contributed by atoms with van der Waals surface area (Å²) in [5.41, 5.74) is 2.93. The number of aromatic hydroxyl groups is 1. The number of phenols is 1. The molecule has 8 heteroatoms. The monoisotopic (exact) mass is 356 g/mol. The number of aromatic nitrogens is 3. The molecule has 0 bridgehead atoms. The molecule has 0 fully saturated rings. The Morgan fingerprint density at radius 1 is 1.35 bits per heavy atom. The van der Waals surface area contributed by atoms with Crippen molar-refractivity contribution >= 4 is 23.2 Å². The Morgan fingerprint density at radius 3 is 2.85 bits per heavy atom. The van der Waals surface area contributed by atoms with Gasteiger partial charge >= 0.3 is 6.16 Å². The molecule has 26 heavy (non-hydrogen) atoms. The molecule has 0 aliphatic carbocycles. The van der Waals surface area contributed by atoms with Gasteiger partial charge in [0.05, 0.1) is 12.8 Å². The molecule has 136 valence electrons. The van der Waals surface area contributed by atoms with Crippen molar-refractivity contribution in [2.45, 2.75) is 27.2 Å². The van der Waals surface area contributed by atoms with Gasteiger partial charge in [0.25, 0.3) is 0 Å². The van der Waals surface area contributed by atoms with Gasteiger partial charge in [0.2, 0.25) is 0 Å². The van der Waals surface area contributed by atoms with Crippen LogP contribution in [0.15, 0.2) is 30.7 Å². The van der Waals surface area contributed by atoms with Crippen LogP contribution in [0.2, 0.25) is 0 Å². The third-order valence-corrected chi connectivity index (χ3v) is 3.92.